The SMILES string of the molecule is CC(C)OC(=O)[C@H](C)Oc1ccc2c(=O)c(Oc3ccc(-c4ccccc4)cc3)coc2c1. The van der Waals surface area contributed by atoms with Crippen molar-refractivity contribution in [2.75, 3.05) is 0 Å². The summed E-state index contributed by atoms with van der Waals surface area (Å²) in [6, 6.07) is 22.2. The molecule has 0 unspecified atom stereocenters. The van der Waals surface area contributed by atoms with E-state index in [0.29, 0.717) is 22.5 Å². The summed E-state index contributed by atoms with van der Waals surface area (Å²) < 4.78 is 22.2. The zero-order valence-electron chi connectivity index (χ0n) is 18.6. The summed E-state index contributed by atoms with van der Waals surface area (Å²) >= 11 is 0. The predicted octanol–water partition coefficient (Wildman–Crippen LogP) is 5.97. The number of hydrogen-bond acceptors (Lipinski definition) is 6. The summed E-state index contributed by atoms with van der Waals surface area (Å²) in [4.78, 5) is 24.8. The molecule has 6 heteroatoms. The van der Waals surface area contributed by atoms with Crippen LogP contribution in [0.3, 0.4) is 0 Å². The van der Waals surface area contributed by atoms with E-state index < -0.39 is 12.1 Å². The minimum absolute atomic E-state index is 0.0810. The van der Waals surface area contributed by atoms with Crippen LogP contribution >= 0.6 is 0 Å². The van der Waals surface area contributed by atoms with Gasteiger partial charge in [-0.1, -0.05) is 42.5 Å². The Bertz CT molecular complexity index is 1310. The Kier molecular flexibility index (Phi) is 6.45. The van der Waals surface area contributed by atoms with Gasteiger partial charge in [-0.05, 0) is 56.2 Å². The Morgan fingerprint density at radius 2 is 1.52 bits per heavy atom. The predicted molar refractivity (Wildman–Crippen MR) is 126 cm³/mol. The minimum Gasteiger partial charge on any atom is -0.479 e. The van der Waals surface area contributed by atoms with Gasteiger partial charge >= 0.3 is 5.97 Å². The van der Waals surface area contributed by atoms with Crippen molar-refractivity contribution in [3.8, 4) is 28.4 Å². The Balaban J connectivity index is 1.51. The molecule has 3 aromatic carbocycles. The van der Waals surface area contributed by atoms with Crippen molar-refractivity contribution in [3.05, 3.63) is 89.3 Å². The van der Waals surface area contributed by atoms with Gasteiger partial charge in [-0.15, -0.1) is 0 Å². The molecular formula is C27H24O6. The van der Waals surface area contributed by atoms with E-state index >= 15 is 0 Å². The molecule has 168 valence electrons. The molecule has 0 fully saturated rings. The molecule has 6 nitrogen and oxygen atoms in total. The first-order valence-corrected chi connectivity index (χ1v) is 10.7. The van der Waals surface area contributed by atoms with Gasteiger partial charge in [0.15, 0.2) is 6.10 Å². The van der Waals surface area contributed by atoms with E-state index in [1.807, 2.05) is 42.5 Å². The molecule has 1 atom stereocenters. The number of benzene rings is 3. The van der Waals surface area contributed by atoms with Crippen LogP contribution in [-0.2, 0) is 9.53 Å². The monoisotopic (exact) mass is 444 g/mol. The number of rotatable bonds is 7. The lowest BCUT2D eigenvalue weighted by atomic mass is 10.1. The number of esters is 1. The van der Waals surface area contributed by atoms with Crippen LogP contribution in [0, 0.1) is 0 Å². The third kappa shape index (κ3) is 5.23. The van der Waals surface area contributed by atoms with Gasteiger partial charge in [0.05, 0.1) is 11.5 Å². The molecule has 4 rings (SSSR count). The van der Waals surface area contributed by atoms with Crippen LogP contribution in [0.4, 0.5) is 0 Å². The first-order chi connectivity index (χ1) is 15.9. The van der Waals surface area contributed by atoms with Crippen molar-refractivity contribution in [1.82, 2.24) is 0 Å². The zero-order valence-corrected chi connectivity index (χ0v) is 18.6. The van der Waals surface area contributed by atoms with E-state index in [-0.39, 0.29) is 17.3 Å². The summed E-state index contributed by atoms with van der Waals surface area (Å²) in [6.45, 7) is 5.14. The molecule has 0 aliphatic heterocycles. The van der Waals surface area contributed by atoms with Gasteiger partial charge in [0.2, 0.25) is 11.2 Å². The second-order valence-corrected chi connectivity index (χ2v) is 7.83. The van der Waals surface area contributed by atoms with Crippen LogP contribution in [0.5, 0.6) is 17.2 Å². The van der Waals surface area contributed by atoms with E-state index in [9.17, 15) is 9.59 Å². The fourth-order valence-electron chi connectivity index (χ4n) is 3.29. The van der Waals surface area contributed by atoms with Crippen molar-refractivity contribution < 1.29 is 23.4 Å². The van der Waals surface area contributed by atoms with Crippen LogP contribution in [0.25, 0.3) is 22.1 Å². The van der Waals surface area contributed by atoms with Crippen LogP contribution in [0.1, 0.15) is 20.8 Å². The fraction of sp³-hybridized carbons (Fsp3) is 0.185. The van der Waals surface area contributed by atoms with Gasteiger partial charge < -0.3 is 18.6 Å². The molecule has 0 amide bonds. The maximum absolute atomic E-state index is 12.9. The lowest BCUT2D eigenvalue weighted by Crippen LogP contribution is -2.28. The Morgan fingerprint density at radius 1 is 0.848 bits per heavy atom. The zero-order chi connectivity index (χ0) is 23.4. The third-order valence-corrected chi connectivity index (χ3v) is 4.90. The lowest BCUT2D eigenvalue weighted by Gasteiger charge is -2.15. The Morgan fingerprint density at radius 3 is 2.21 bits per heavy atom. The van der Waals surface area contributed by atoms with E-state index in [1.54, 1.807) is 51.1 Å². The highest BCUT2D eigenvalue weighted by molar-refractivity contribution is 5.79. The molecule has 0 aliphatic carbocycles. The van der Waals surface area contributed by atoms with E-state index in [4.69, 9.17) is 18.6 Å². The summed E-state index contributed by atoms with van der Waals surface area (Å²) in [7, 11) is 0. The van der Waals surface area contributed by atoms with Gasteiger partial charge in [-0.2, -0.15) is 0 Å². The van der Waals surface area contributed by atoms with E-state index in [2.05, 4.69) is 0 Å². The number of fused-ring (bicyclic) bond motifs is 1. The molecule has 4 aromatic rings. The average Bonchev–Trinajstić information content (AvgIpc) is 2.81. The van der Waals surface area contributed by atoms with Gasteiger partial charge in [-0.3, -0.25) is 4.79 Å². The maximum Gasteiger partial charge on any atom is 0.347 e. The fourth-order valence-corrected chi connectivity index (χ4v) is 3.29. The van der Waals surface area contributed by atoms with Crippen molar-refractivity contribution in [2.24, 2.45) is 0 Å². The lowest BCUT2D eigenvalue weighted by molar-refractivity contribution is -0.154. The molecule has 0 radical (unpaired) electrons. The van der Waals surface area contributed by atoms with E-state index in [0.717, 1.165) is 11.1 Å². The van der Waals surface area contributed by atoms with Gasteiger partial charge in [0, 0.05) is 6.07 Å². The number of hydrogen-bond donors (Lipinski definition) is 0. The second-order valence-electron chi connectivity index (χ2n) is 7.83. The topological polar surface area (TPSA) is 75.0 Å². The summed E-state index contributed by atoms with van der Waals surface area (Å²) in [5.41, 5.74) is 2.17. The van der Waals surface area contributed by atoms with Crippen molar-refractivity contribution in [2.45, 2.75) is 33.0 Å². The van der Waals surface area contributed by atoms with Crippen molar-refractivity contribution in [1.29, 1.82) is 0 Å². The normalized spacial score (nSPS) is 11.9. The molecule has 0 bridgehead atoms. The van der Waals surface area contributed by atoms with Crippen LogP contribution in [0.2, 0.25) is 0 Å². The van der Waals surface area contributed by atoms with Gasteiger partial charge in [0.1, 0.15) is 23.3 Å². The van der Waals surface area contributed by atoms with Crippen LogP contribution in [0.15, 0.2) is 88.3 Å². The maximum atomic E-state index is 12.9. The molecule has 0 spiro atoms. The molecule has 0 saturated carbocycles. The standard InChI is InChI=1S/C27H24O6/c1-17(2)31-27(29)18(3)32-22-13-14-23-24(15-22)30-16-25(26(23)28)33-21-11-9-20(10-12-21)19-7-5-4-6-8-19/h4-18H,1-3H3/t18-/m0/s1. The smallest absolute Gasteiger partial charge is 0.347 e. The minimum atomic E-state index is -0.793. The molecule has 0 aliphatic rings. The largest absolute Gasteiger partial charge is 0.479 e. The second kappa shape index (κ2) is 9.61. The first-order valence-electron chi connectivity index (χ1n) is 10.7. The molecule has 0 N–H and O–H groups in total. The average molecular weight is 444 g/mol. The summed E-state index contributed by atoms with van der Waals surface area (Å²) in [5.74, 6) is 0.536. The highest BCUT2D eigenvalue weighted by Crippen LogP contribution is 2.27. The van der Waals surface area contributed by atoms with Crippen molar-refractivity contribution in [3.63, 3.8) is 0 Å². The molecule has 33 heavy (non-hydrogen) atoms. The molecular weight excluding hydrogens is 420 g/mol. The van der Waals surface area contributed by atoms with Crippen molar-refractivity contribution >= 4 is 16.9 Å². The first kappa shape index (κ1) is 22.1. The molecule has 0 saturated heterocycles. The molecule has 1 heterocycles. The van der Waals surface area contributed by atoms with E-state index in [1.165, 1.54) is 6.26 Å². The number of carbonyl (C=O) groups is 1. The summed E-state index contributed by atoms with van der Waals surface area (Å²) in [6.07, 6.45) is 0.250. The summed E-state index contributed by atoms with van der Waals surface area (Å²) in [5, 5.41) is 0.346. The Labute approximate surface area is 191 Å². The van der Waals surface area contributed by atoms with Crippen LogP contribution < -0.4 is 14.9 Å². The van der Waals surface area contributed by atoms with Gasteiger partial charge in [0.25, 0.3) is 0 Å². The highest BCUT2D eigenvalue weighted by Gasteiger charge is 2.18. The van der Waals surface area contributed by atoms with Crippen LogP contribution in [-0.4, -0.2) is 18.2 Å². The number of carbonyl (C=O) groups excluding carboxylic acids is 1. The Hall–Kier alpha value is -4.06. The van der Waals surface area contributed by atoms with Gasteiger partial charge in [-0.25, -0.2) is 4.79 Å². The molecule has 1 aromatic heterocycles. The highest BCUT2D eigenvalue weighted by atomic mass is 16.6. The quantitative estimate of drug-likeness (QED) is 0.327. The number of ether oxygens (including phenoxy) is 3. The third-order valence-electron chi connectivity index (χ3n) is 4.90.